The molecule has 0 bridgehead atoms. The van der Waals surface area contributed by atoms with Crippen LogP contribution in [0, 0.1) is 0 Å². The fourth-order valence-electron chi connectivity index (χ4n) is 2.11. The van der Waals surface area contributed by atoms with Crippen LogP contribution in [0.5, 0.6) is 0 Å². The maximum absolute atomic E-state index is 11.0. The Morgan fingerprint density at radius 2 is 1.56 bits per heavy atom. The maximum Gasteiger partial charge on any atom is 0.264 e. The van der Waals surface area contributed by atoms with Gasteiger partial charge in [-0.3, -0.25) is 9.17 Å². The largest absolute Gasteiger partial charge is 0.413 e. The van der Waals surface area contributed by atoms with E-state index in [0.29, 0.717) is 12.2 Å². The zero-order valence-electron chi connectivity index (χ0n) is 16.9. The third-order valence-electron chi connectivity index (χ3n) is 4.92. The SMILES string of the molecule is CC(C)(C)[Si](C)(C)OCc1ccc(-c2ccc(COS(C)(=O)=O)cn2)cc1. The highest BCUT2D eigenvalue weighted by molar-refractivity contribution is 7.85. The molecule has 27 heavy (non-hydrogen) atoms. The number of rotatable bonds is 7. The normalized spacial score (nSPS) is 13.0. The van der Waals surface area contributed by atoms with Gasteiger partial charge in [0.2, 0.25) is 0 Å². The van der Waals surface area contributed by atoms with Crippen LogP contribution in [0.2, 0.25) is 18.1 Å². The van der Waals surface area contributed by atoms with Crippen molar-refractivity contribution < 1.29 is 17.0 Å². The zero-order valence-corrected chi connectivity index (χ0v) is 18.8. The van der Waals surface area contributed by atoms with Crippen LogP contribution in [0.4, 0.5) is 0 Å². The first-order chi connectivity index (χ1) is 12.4. The molecule has 1 aromatic heterocycles. The fourth-order valence-corrected chi connectivity index (χ4v) is 3.42. The average molecular weight is 408 g/mol. The molecule has 0 fully saturated rings. The second kappa shape index (κ2) is 8.22. The van der Waals surface area contributed by atoms with E-state index in [0.717, 1.165) is 23.1 Å². The average Bonchev–Trinajstić information content (AvgIpc) is 2.58. The van der Waals surface area contributed by atoms with E-state index in [-0.39, 0.29) is 11.6 Å². The predicted octanol–water partition coefficient (Wildman–Crippen LogP) is 4.75. The Kier molecular flexibility index (Phi) is 6.62. The van der Waals surface area contributed by atoms with Crippen LogP contribution in [-0.4, -0.2) is 28.0 Å². The summed E-state index contributed by atoms with van der Waals surface area (Å²) in [4.78, 5) is 4.40. The Hall–Kier alpha value is -1.54. The van der Waals surface area contributed by atoms with Gasteiger partial charge in [0.1, 0.15) is 0 Å². The van der Waals surface area contributed by atoms with Crippen LogP contribution in [0.15, 0.2) is 42.6 Å². The maximum atomic E-state index is 11.0. The molecule has 1 heterocycles. The van der Waals surface area contributed by atoms with Crippen molar-refractivity contribution >= 4 is 18.4 Å². The molecule has 0 unspecified atom stereocenters. The Morgan fingerprint density at radius 1 is 0.963 bits per heavy atom. The summed E-state index contributed by atoms with van der Waals surface area (Å²) in [7, 11) is -5.21. The Balaban J connectivity index is 2.01. The number of aromatic nitrogens is 1. The Bertz CT molecular complexity index is 854. The summed E-state index contributed by atoms with van der Waals surface area (Å²) in [6, 6.07) is 11.9. The van der Waals surface area contributed by atoms with Crippen LogP contribution in [0.1, 0.15) is 31.9 Å². The highest BCUT2D eigenvalue weighted by Gasteiger charge is 2.36. The molecule has 2 aromatic rings. The number of nitrogens with zero attached hydrogens (tertiary/aromatic N) is 1. The molecule has 0 spiro atoms. The van der Waals surface area contributed by atoms with Crippen LogP contribution in [0.3, 0.4) is 0 Å². The Labute approximate surface area is 164 Å². The van der Waals surface area contributed by atoms with E-state index in [9.17, 15) is 8.42 Å². The number of hydrogen-bond donors (Lipinski definition) is 0. The first kappa shape index (κ1) is 21.8. The summed E-state index contributed by atoms with van der Waals surface area (Å²) in [5.41, 5.74) is 3.68. The van der Waals surface area contributed by atoms with Crippen LogP contribution in [-0.2, 0) is 31.9 Å². The molecule has 0 aliphatic heterocycles. The Morgan fingerprint density at radius 3 is 2.04 bits per heavy atom. The summed E-state index contributed by atoms with van der Waals surface area (Å²) < 4.78 is 33.1. The van der Waals surface area contributed by atoms with Gasteiger partial charge in [-0.15, -0.1) is 0 Å². The van der Waals surface area contributed by atoms with Crippen molar-refractivity contribution in [2.24, 2.45) is 0 Å². The van der Waals surface area contributed by atoms with E-state index in [1.807, 2.05) is 24.3 Å². The van der Waals surface area contributed by atoms with Gasteiger partial charge >= 0.3 is 0 Å². The van der Waals surface area contributed by atoms with Crippen LogP contribution >= 0.6 is 0 Å². The molecular formula is C20H29NO4SSi. The van der Waals surface area contributed by atoms with Gasteiger partial charge in [-0.1, -0.05) is 51.1 Å². The first-order valence-electron chi connectivity index (χ1n) is 8.90. The monoisotopic (exact) mass is 407 g/mol. The minimum absolute atomic E-state index is 0.00413. The van der Waals surface area contributed by atoms with Gasteiger partial charge in [0, 0.05) is 11.8 Å². The second-order valence-electron chi connectivity index (χ2n) is 8.26. The van der Waals surface area contributed by atoms with Crippen molar-refractivity contribution in [2.75, 3.05) is 6.26 Å². The topological polar surface area (TPSA) is 65.5 Å². The van der Waals surface area contributed by atoms with Gasteiger partial charge in [0.15, 0.2) is 8.32 Å². The van der Waals surface area contributed by atoms with Gasteiger partial charge in [-0.25, -0.2) is 0 Å². The predicted molar refractivity (Wildman–Crippen MR) is 111 cm³/mol. The number of pyridine rings is 1. The highest BCUT2D eigenvalue weighted by atomic mass is 32.2. The number of benzene rings is 1. The molecular weight excluding hydrogens is 378 g/mol. The molecule has 7 heteroatoms. The van der Waals surface area contributed by atoms with Crippen molar-refractivity contribution in [3.63, 3.8) is 0 Å². The van der Waals surface area contributed by atoms with Crippen molar-refractivity contribution in [1.29, 1.82) is 0 Å². The molecule has 0 saturated carbocycles. The quantitative estimate of drug-likeness (QED) is 0.490. The van der Waals surface area contributed by atoms with Crippen LogP contribution < -0.4 is 0 Å². The van der Waals surface area contributed by atoms with Gasteiger partial charge in [0.25, 0.3) is 10.1 Å². The van der Waals surface area contributed by atoms with E-state index < -0.39 is 18.4 Å². The molecule has 148 valence electrons. The summed E-state index contributed by atoms with van der Waals surface area (Å²) >= 11 is 0. The minimum Gasteiger partial charge on any atom is -0.413 e. The molecule has 0 N–H and O–H groups in total. The third kappa shape index (κ3) is 6.53. The van der Waals surface area contributed by atoms with E-state index in [2.05, 4.69) is 51.0 Å². The lowest BCUT2D eigenvalue weighted by Crippen LogP contribution is -2.40. The summed E-state index contributed by atoms with van der Waals surface area (Å²) in [5.74, 6) is 0. The first-order valence-corrected chi connectivity index (χ1v) is 13.6. The van der Waals surface area contributed by atoms with Gasteiger partial charge in [-0.05, 0) is 35.3 Å². The van der Waals surface area contributed by atoms with Crippen molar-refractivity contribution in [1.82, 2.24) is 4.98 Å². The lowest BCUT2D eigenvalue weighted by Gasteiger charge is -2.36. The molecule has 0 aliphatic carbocycles. The van der Waals surface area contributed by atoms with E-state index >= 15 is 0 Å². The van der Waals surface area contributed by atoms with Crippen LogP contribution in [0.25, 0.3) is 11.3 Å². The molecule has 2 rings (SSSR count). The fraction of sp³-hybridized carbons (Fsp3) is 0.450. The lowest BCUT2D eigenvalue weighted by atomic mass is 10.1. The molecule has 0 saturated heterocycles. The van der Waals surface area contributed by atoms with Gasteiger partial charge in [-0.2, -0.15) is 8.42 Å². The van der Waals surface area contributed by atoms with Crippen molar-refractivity contribution in [2.45, 2.75) is 52.1 Å². The number of hydrogen-bond acceptors (Lipinski definition) is 5. The lowest BCUT2D eigenvalue weighted by molar-refractivity contribution is 0.276. The van der Waals surface area contributed by atoms with Crippen molar-refractivity contribution in [3.8, 4) is 11.3 Å². The molecule has 0 radical (unpaired) electrons. The smallest absolute Gasteiger partial charge is 0.264 e. The zero-order chi connectivity index (χ0) is 20.3. The summed E-state index contributed by atoms with van der Waals surface area (Å²) in [6.07, 6.45) is 2.67. The molecule has 1 aromatic carbocycles. The molecule has 0 atom stereocenters. The van der Waals surface area contributed by atoms with Crippen molar-refractivity contribution in [3.05, 3.63) is 53.7 Å². The van der Waals surface area contributed by atoms with E-state index in [1.54, 1.807) is 6.20 Å². The molecule has 0 aliphatic rings. The highest BCUT2D eigenvalue weighted by Crippen LogP contribution is 2.37. The third-order valence-corrected chi connectivity index (χ3v) is 9.94. The minimum atomic E-state index is -3.45. The summed E-state index contributed by atoms with van der Waals surface area (Å²) in [6.45, 7) is 11.8. The summed E-state index contributed by atoms with van der Waals surface area (Å²) in [5, 5.41) is 0.194. The van der Waals surface area contributed by atoms with Gasteiger partial charge < -0.3 is 4.43 Å². The van der Waals surface area contributed by atoms with E-state index in [1.165, 1.54) is 0 Å². The van der Waals surface area contributed by atoms with Gasteiger partial charge in [0.05, 0.1) is 25.2 Å². The molecule has 0 amide bonds. The standard InChI is InChI=1S/C20H29NO4SSi/c1-20(2,3)27(5,6)25-15-16-7-10-18(11-8-16)19-12-9-17(13-21-19)14-24-26(4,22)23/h7-13H,14-15H2,1-6H3. The molecule has 5 nitrogen and oxygen atoms in total. The second-order valence-corrected chi connectivity index (χ2v) is 14.7. The van der Waals surface area contributed by atoms with E-state index in [4.69, 9.17) is 8.61 Å².